The Hall–Kier alpha value is -2.94. The molecular weight excluding hydrogens is 348 g/mol. The van der Waals surface area contributed by atoms with Crippen molar-refractivity contribution in [2.75, 3.05) is 32.0 Å². The summed E-state index contributed by atoms with van der Waals surface area (Å²) < 4.78 is 1.83. The summed E-state index contributed by atoms with van der Waals surface area (Å²) in [6.07, 6.45) is 7.29. The number of piperidine rings is 1. The molecule has 9 heteroatoms. The van der Waals surface area contributed by atoms with Gasteiger partial charge < -0.3 is 15.5 Å². The Kier molecular flexibility index (Phi) is 6.02. The number of nitrogens with zero attached hydrogens (tertiary/aromatic N) is 4. The van der Waals surface area contributed by atoms with Crippen molar-refractivity contribution in [3.63, 3.8) is 0 Å². The van der Waals surface area contributed by atoms with Gasteiger partial charge in [0.25, 0.3) is 11.6 Å². The number of nitrogens with one attached hydrogen (secondary N) is 2. The lowest BCUT2D eigenvalue weighted by atomic mass is 10.1. The average Bonchev–Trinajstić information content (AvgIpc) is 3.14. The lowest BCUT2D eigenvalue weighted by Gasteiger charge is -2.26. The molecule has 1 amide bonds. The van der Waals surface area contributed by atoms with Gasteiger partial charge in [0.15, 0.2) is 0 Å². The molecule has 27 heavy (non-hydrogen) atoms. The summed E-state index contributed by atoms with van der Waals surface area (Å²) in [7, 11) is 1.48. The number of hydrogen-bond acceptors (Lipinski definition) is 6. The molecule has 1 aromatic carbocycles. The maximum Gasteiger partial charge on any atom is 0.293 e. The quantitative estimate of drug-likeness (QED) is 0.571. The molecule has 2 aromatic rings. The first-order chi connectivity index (χ1) is 13.1. The van der Waals surface area contributed by atoms with E-state index in [1.54, 1.807) is 12.3 Å². The van der Waals surface area contributed by atoms with Crippen LogP contribution in [0.1, 0.15) is 29.6 Å². The van der Waals surface area contributed by atoms with Crippen molar-refractivity contribution in [3.8, 4) is 0 Å². The van der Waals surface area contributed by atoms with Crippen molar-refractivity contribution in [1.82, 2.24) is 20.0 Å². The lowest BCUT2D eigenvalue weighted by Crippen LogP contribution is -2.32. The van der Waals surface area contributed by atoms with E-state index < -0.39 is 4.92 Å². The highest BCUT2D eigenvalue weighted by molar-refractivity contribution is 5.95. The number of carbonyl (C=O) groups is 1. The van der Waals surface area contributed by atoms with Gasteiger partial charge in [-0.2, -0.15) is 5.10 Å². The minimum atomic E-state index is -0.504. The SMILES string of the molecule is CNC(=O)c1ccc(Nc2cnn(CCN3CCCCC3)c2)c([N+](=O)[O-])c1. The fourth-order valence-electron chi connectivity index (χ4n) is 3.21. The van der Waals surface area contributed by atoms with E-state index in [1.165, 1.54) is 38.4 Å². The Morgan fingerprint density at radius 2 is 2.04 bits per heavy atom. The van der Waals surface area contributed by atoms with Gasteiger partial charge in [0.2, 0.25) is 0 Å². The molecule has 1 aromatic heterocycles. The van der Waals surface area contributed by atoms with Crippen LogP contribution >= 0.6 is 0 Å². The Morgan fingerprint density at radius 1 is 1.26 bits per heavy atom. The summed E-state index contributed by atoms with van der Waals surface area (Å²) in [6, 6.07) is 4.35. The summed E-state index contributed by atoms with van der Waals surface area (Å²) in [6.45, 7) is 3.99. The zero-order valence-corrected chi connectivity index (χ0v) is 15.4. The fraction of sp³-hybridized carbons (Fsp3) is 0.444. The normalized spacial score (nSPS) is 14.7. The number of likely N-dealkylation sites (tertiary alicyclic amines) is 1. The van der Waals surface area contributed by atoms with E-state index in [4.69, 9.17) is 0 Å². The van der Waals surface area contributed by atoms with Gasteiger partial charge in [-0.1, -0.05) is 6.42 Å². The number of nitro groups is 1. The smallest absolute Gasteiger partial charge is 0.293 e. The molecule has 1 aliphatic rings. The Morgan fingerprint density at radius 3 is 2.74 bits per heavy atom. The van der Waals surface area contributed by atoms with Crippen LogP contribution in [0, 0.1) is 10.1 Å². The van der Waals surface area contributed by atoms with Gasteiger partial charge in [0.05, 0.1) is 23.4 Å². The Bertz CT molecular complexity index is 813. The second kappa shape index (κ2) is 8.63. The van der Waals surface area contributed by atoms with Crippen LogP contribution in [0.5, 0.6) is 0 Å². The minimum absolute atomic E-state index is 0.155. The van der Waals surface area contributed by atoms with Gasteiger partial charge in [-0.05, 0) is 38.1 Å². The van der Waals surface area contributed by atoms with Crippen molar-refractivity contribution in [2.45, 2.75) is 25.8 Å². The van der Waals surface area contributed by atoms with Crippen LogP contribution in [0.2, 0.25) is 0 Å². The van der Waals surface area contributed by atoms with E-state index in [9.17, 15) is 14.9 Å². The molecular formula is C18H24N6O3. The maximum absolute atomic E-state index is 11.7. The lowest BCUT2D eigenvalue weighted by molar-refractivity contribution is -0.383. The zero-order chi connectivity index (χ0) is 19.2. The van der Waals surface area contributed by atoms with Crippen molar-refractivity contribution >= 4 is 23.0 Å². The third-order valence-corrected chi connectivity index (χ3v) is 4.69. The molecule has 0 spiro atoms. The monoisotopic (exact) mass is 372 g/mol. The summed E-state index contributed by atoms with van der Waals surface area (Å²) in [5.41, 5.74) is 1.08. The molecule has 0 atom stereocenters. The maximum atomic E-state index is 11.7. The van der Waals surface area contributed by atoms with Gasteiger partial charge in [-0.15, -0.1) is 0 Å². The van der Waals surface area contributed by atoms with Crippen LogP contribution in [-0.2, 0) is 6.54 Å². The Balaban J connectivity index is 1.67. The van der Waals surface area contributed by atoms with Gasteiger partial charge in [0, 0.05) is 31.4 Å². The highest BCUT2D eigenvalue weighted by Gasteiger charge is 2.18. The Labute approximate surface area is 157 Å². The molecule has 0 unspecified atom stereocenters. The van der Waals surface area contributed by atoms with E-state index >= 15 is 0 Å². The van der Waals surface area contributed by atoms with E-state index in [1.807, 2.05) is 10.9 Å². The molecule has 2 N–H and O–H groups in total. The average molecular weight is 372 g/mol. The van der Waals surface area contributed by atoms with Crippen molar-refractivity contribution < 1.29 is 9.72 Å². The second-order valence-electron chi connectivity index (χ2n) is 6.59. The zero-order valence-electron chi connectivity index (χ0n) is 15.4. The molecule has 1 saturated heterocycles. The predicted octanol–water partition coefficient (Wildman–Crippen LogP) is 2.38. The summed E-state index contributed by atoms with van der Waals surface area (Å²) in [5.74, 6) is -0.366. The van der Waals surface area contributed by atoms with Crippen LogP contribution in [0.3, 0.4) is 0 Å². The molecule has 9 nitrogen and oxygen atoms in total. The third kappa shape index (κ3) is 4.82. The predicted molar refractivity (Wildman–Crippen MR) is 102 cm³/mol. The first kappa shape index (κ1) is 18.8. The number of hydrogen-bond donors (Lipinski definition) is 2. The minimum Gasteiger partial charge on any atom is -0.355 e. The number of rotatable bonds is 7. The van der Waals surface area contributed by atoms with Crippen LogP contribution in [0.4, 0.5) is 17.1 Å². The van der Waals surface area contributed by atoms with Gasteiger partial charge in [0.1, 0.15) is 5.69 Å². The highest BCUT2D eigenvalue weighted by atomic mass is 16.6. The second-order valence-corrected chi connectivity index (χ2v) is 6.59. The molecule has 0 bridgehead atoms. The summed E-state index contributed by atoms with van der Waals surface area (Å²) in [4.78, 5) is 25.0. The molecule has 1 aliphatic heterocycles. The van der Waals surface area contributed by atoms with Gasteiger partial charge in [-0.3, -0.25) is 19.6 Å². The number of nitro benzene ring substituents is 1. The third-order valence-electron chi connectivity index (χ3n) is 4.69. The van der Waals surface area contributed by atoms with Crippen molar-refractivity contribution in [2.24, 2.45) is 0 Å². The van der Waals surface area contributed by atoms with E-state index in [2.05, 4.69) is 20.6 Å². The molecule has 2 heterocycles. The van der Waals surface area contributed by atoms with Gasteiger partial charge >= 0.3 is 0 Å². The highest BCUT2D eigenvalue weighted by Crippen LogP contribution is 2.28. The molecule has 1 fully saturated rings. The fourth-order valence-corrected chi connectivity index (χ4v) is 3.21. The molecule has 3 rings (SSSR count). The number of amides is 1. The van der Waals surface area contributed by atoms with Crippen molar-refractivity contribution in [3.05, 3.63) is 46.3 Å². The van der Waals surface area contributed by atoms with Crippen LogP contribution in [-0.4, -0.2) is 52.2 Å². The summed E-state index contributed by atoms with van der Waals surface area (Å²) in [5, 5.41) is 21.2. The topological polar surface area (TPSA) is 105 Å². The van der Waals surface area contributed by atoms with Crippen LogP contribution in [0.25, 0.3) is 0 Å². The van der Waals surface area contributed by atoms with Crippen molar-refractivity contribution in [1.29, 1.82) is 0 Å². The molecule has 0 aliphatic carbocycles. The summed E-state index contributed by atoms with van der Waals surface area (Å²) >= 11 is 0. The van der Waals surface area contributed by atoms with Crippen LogP contribution in [0.15, 0.2) is 30.6 Å². The van der Waals surface area contributed by atoms with Crippen LogP contribution < -0.4 is 10.6 Å². The number of aromatic nitrogens is 2. The van der Waals surface area contributed by atoms with E-state index in [0.717, 1.165) is 26.2 Å². The molecule has 144 valence electrons. The number of carbonyl (C=O) groups excluding carboxylic acids is 1. The molecule has 0 radical (unpaired) electrons. The first-order valence-electron chi connectivity index (χ1n) is 9.09. The standard InChI is InChI=1S/C18H24N6O3/c1-19-18(25)14-5-6-16(17(11-14)24(26)27)21-15-12-20-23(13-15)10-9-22-7-3-2-4-8-22/h5-6,11-13,21H,2-4,7-10H2,1H3,(H,19,25). The molecule has 0 saturated carbocycles. The largest absolute Gasteiger partial charge is 0.355 e. The van der Waals surface area contributed by atoms with E-state index in [0.29, 0.717) is 11.4 Å². The van der Waals surface area contributed by atoms with E-state index in [-0.39, 0.29) is 17.2 Å². The number of anilines is 2. The van der Waals surface area contributed by atoms with Gasteiger partial charge in [-0.25, -0.2) is 0 Å². The first-order valence-corrected chi connectivity index (χ1v) is 9.09. The number of benzene rings is 1.